The van der Waals surface area contributed by atoms with E-state index in [9.17, 15) is 0 Å². The summed E-state index contributed by atoms with van der Waals surface area (Å²) in [5, 5.41) is 3.91. The molecule has 0 amide bonds. The van der Waals surface area contributed by atoms with Crippen molar-refractivity contribution in [3.8, 4) is 0 Å². The van der Waals surface area contributed by atoms with Gasteiger partial charge in [0.1, 0.15) is 0 Å². The van der Waals surface area contributed by atoms with Crippen LogP contribution in [-0.2, 0) is 0 Å². The van der Waals surface area contributed by atoms with Crippen LogP contribution in [0, 0.1) is 17.3 Å². The van der Waals surface area contributed by atoms with Crippen molar-refractivity contribution in [1.82, 2.24) is 10.2 Å². The summed E-state index contributed by atoms with van der Waals surface area (Å²) in [4.78, 5) is 2.47. The first kappa shape index (κ1) is 14.3. The first-order chi connectivity index (χ1) is 8.50. The first-order valence-corrected chi connectivity index (χ1v) is 7.92. The fourth-order valence-corrected chi connectivity index (χ4v) is 3.58. The van der Waals surface area contributed by atoms with Crippen molar-refractivity contribution in [2.24, 2.45) is 17.3 Å². The molecular formula is C16H32N2. The van der Waals surface area contributed by atoms with Crippen LogP contribution in [0.25, 0.3) is 0 Å². The standard InChI is InChI=1S/C16H32N2/c1-13-6-5-7-15(14(13)2)17-12-16(3)8-10-18(4)11-9-16/h13-15,17H,5-12H2,1-4H3. The molecule has 1 saturated heterocycles. The van der Waals surface area contributed by atoms with E-state index in [2.05, 4.69) is 38.0 Å². The van der Waals surface area contributed by atoms with Crippen molar-refractivity contribution in [2.45, 2.75) is 58.9 Å². The van der Waals surface area contributed by atoms with Crippen LogP contribution in [0.4, 0.5) is 0 Å². The van der Waals surface area contributed by atoms with E-state index in [1.807, 2.05) is 0 Å². The SMILES string of the molecule is CC1CCCC(NCC2(C)CCN(C)CC2)C1C. The molecule has 0 aromatic heterocycles. The quantitative estimate of drug-likeness (QED) is 0.830. The Morgan fingerprint density at radius 3 is 2.50 bits per heavy atom. The summed E-state index contributed by atoms with van der Waals surface area (Å²) in [7, 11) is 2.25. The van der Waals surface area contributed by atoms with Crippen LogP contribution in [0.15, 0.2) is 0 Å². The molecule has 2 nitrogen and oxygen atoms in total. The molecular weight excluding hydrogens is 220 g/mol. The molecule has 1 heterocycles. The molecule has 0 radical (unpaired) electrons. The third kappa shape index (κ3) is 3.48. The summed E-state index contributed by atoms with van der Waals surface area (Å²) >= 11 is 0. The molecule has 1 N–H and O–H groups in total. The highest BCUT2D eigenvalue weighted by molar-refractivity contribution is 4.88. The minimum Gasteiger partial charge on any atom is -0.313 e. The minimum absolute atomic E-state index is 0.535. The Morgan fingerprint density at radius 1 is 1.17 bits per heavy atom. The number of likely N-dealkylation sites (tertiary alicyclic amines) is 1. The highest BCUT2D eigenvalue weighted by Crippen LogP contribution is 2.32. The van der Waals surface area contributed by atoms with Gasteiger partial charge in [-0.3, -0.25) is 0 Å². The van der Waals surface area contributed by atoms with E-state index < -0.39 is 0 Å². The van der Waals surface area contributed by atoms with Crippen LogP contribution in [-0.4, -0.2) is 37.6 Å². The number of hydrogen-bond donors (Lipinski definition) is 1. The monoisotopic (exact) mass is 252 g/mol. The van der Waals surface area contributed by atoms with Gasteiger partial charge in [-0.2, -0.15) is 0 Å². The van der Waals surface area contributed by atoms with E-state index in [-0.39, 0.29) is 0 Å². The second-order valence-electron chi connectivity index (χ2n) is 7.37. The highest BCUT2D eigenvalue weighted by Gasteiger charge is 2.32. The zero-order valence-electron chi connectivity index (χ0n) is 12.8. The second kappa shape index (κ2) is 5.92. The van der Waals surface area contributed by atoms with Crippen molar-refractivity contribution >= 4 is 0 Å². The summed E-state index contributed by atoms with van der Waals surface area (Å²) in [5.41, 5.74) is 0.535. The summed E-state index contributed by atoms with van der Waals surface area (Å²) in [6, 6.07) is 0.769. The predicted molar refractivity (Wildman–Crippen MR) is 78.8 cm³/mol. The fraction of sp³-hybridized carbons (Fsp3) is 1.00. The Balaban J connectivity index is 1.80. The molecule has 2 aliphatic rings. The number of nitrogens with zero attached hydrogens (tertiary/aromatic N) is 1. The lowest BCUT2D eigenvalue weighted by molar-refractivity contribution is 0.119. The van der Waals surface area contributed by atoms with E-state index in [1.165, 1.54) is 51.7 Å². The Morgan fingerprint density at radius 2 is 1.83 bits per heavy atom. The Kier molecular flexibility index (Phi) is 4.71. The molecule has 3 atom stereocenters. The van der Waals surface area contributed by atoms with Crippen LogP contribution in [0.1, 0.15) is 52.9 Å². The largest absolute Gasteiger partial charge is 0.313 e. The second-order valence-corrected chi connectivity index (χ2v) is 7.37. The third-order valence-corrected chi connectivity index (χ3v) is 5.69. The van der Waals surface area contributed by atoms with E-state index in [4.69, 9.17) is 0 Å². The molecule has 1 aliphatic carbocycles. The van der Waals surface area contributed by atoms with Gasteiger partial charge in [-0.05, 0) is 56.7 Å². The maximum absolute atomic E-state index is 3.91. The van der Waals surface area contributed by atoms with Crippen molar-refractivity contribution < 1.29 is 0 Å². The highest BCUT2D eigenvalue weighted by atomic mass is 15.1. The van der Waals surface area contributed by atoms with Crippen LogP contribution in [0.5, 0.6) is 0 Å². The van der Waals surface area contributed by atoms with E-state index >= 15 is 0 Å². The average molecular weight is 252 g/mol. The van der Waals surface area contributed by atoms with Crippen molar-refractivity contribution in [1.29, 1.82) is 0 Å². The first-order valence-electron chi connectivity index (χ1n) is 7.92. The van der Waals surface area contributed by atoms with Crippen molar-refractivity contribution in [3.05, 3.63) is 0 Å². The maximum Gasteiger partial charge on any atom is 0.00954 e. The lowest BCUT2D eigenvalue weighted by Crippen LogP contribution is -2.48. The van der Waals surface area contributed by atoms with Gasteiger partial charge in [-0.1, -0.05) is 33.6 Å². The van der Waals surface area contributed by atoms with E-state index in [1.54, 1.807) is 0 Å². The number of piperidine rings is 1. The number of hydrogen-bond acceptors (Lipinski definition) is 2. The van der Waals surface area contributed by atoms with E-state index in [0.717, 1.165) is 17.9 Å². The topological polar surface area (TPSA) is 15.3 Å². The van der Waals surface area contributed by atoms with Gasteiger partial charge in [0.25, 0.3) is 0 Å². The van der Waals surface area contributed by atoms with Crippen molar-refractivity contribution in [2.75, 3.05) is 26.7 Å². The zero-order chi connectivity index (χ0) is 13.2. The Labute approximate surface area is 114 Å². The van der Waals surface area contributed by atoms with Gasteiger partial charge in [-0.25, -0.2) is 0 Å². The molecule has 1 aliphatic heterocycles. The minimum atomic E-state index is 0.535. The molecule has 0 aromatic rings. The van der Waals surface area contributed by atoms with Gasteiger partial charge in [0.05, 0.1) is 0 Å². The molecule has 2 rings (SSSR count). The maximum atomic E-state index is 3.91. The van der Waals surface area contributed by atoms with Gasteiger partial charge in [-0.15, -0.1) is 0 Å². The summed E-state index contributed by atoms with van der Waals surface area (Å²) in [6.45, 7) is 11.1. The van der Waals surface area contributed by atoms with Gasteiger partial charge < -0.3 is 10.2 Å². The predicted octanol–water partition coefficient (Wildman–Crippen LogP) is 3.13. The fourth-order valence-electron chi connectivity index (χ4n) is 3.58. The normalized spacial score (nSPS) is 37.7. The lowest BCUT2D eigenvalue weighted by atomic mass is 9.76. The Bertz CT molecular complexity index is 256. The zero-order valence-corrected chi connectivity index (χ0v) is 12.8. The van der Waals surface area contributed by atoms with Crippen LogP contribution < -0.4 is 5.32 Å². The molecule has 3 unspecified atom stereocenters. The van der Waals surface area contributed by atoms with Crippen LogP contribution in [0.3, 0.4) is 0 Å². The molecule has 0 spiro atoms. The van der Waals surface area contributed by atoms with Gasteiger partial charge in [0.2, 0.25) is 0 Å². The van der Waals surface area contributed by atoms with E-state index in [0.29, 0.717) is 5.41 Å². The lowest BCUT2D eigenvalue weighted by Gasteiger charge is -2.41. The van der Waals surface area contributed by atoms with Crippen molar-refractivity contribution in [3.63, 3.8) is 0 Å². The van der Waals surface area contributed by atoms with Crippen LogP contribution in [0.2, 0.25) is 0 Å². The third-order valence-electron chi connectivity index (χ3n) is 5.69. The summed E-state index contributed by atoms with van der Waals surface area (Å²) in [6.07, 6.45) is 6.95. The molecule has 2 heteroatoms. The molecule has 18 heavy (non-hydrogen) atoms. The van der Waals surface area contributed by atoms with Gasteiger partial charge in [0.15, 0.2) is 0 Å². The van der Waals surface area contributed by atoms with Gasteiger partial charge >= 0.3 is 0 Å². The number of nitrogens with one attached hydrogen (secondary N) is 1. The van der Waals surface area contributed by atoms with Gasteiger partial charge in [0, 0.05) is 12.6 Å². The summed E-state index contributed by atoms with van der Waals surface area (Å²) < 4.78 is 0. The Hall–Kier alpha value is -0.0800. The molecule has 106 valence electrons. The molecule has 0 bridgehead atoms. The molecule has 2 fully saturated rings. The smallest absolute Gasteiger partial charge is 0.00954 e. The molecule has 0 aromatic carbocycles. The number of rotatable bonds is 3. The summed E-state index contributed by atoms with van der Waals surface area (Å²) in [5.74, 6) is 1.76. The molecule has 1 saturated carbocycles. The average Bonchev–Trinajstić information content (AvgIpc) is 2.35. The van der Waals surface area contributed by atoms with Crippen LogP contribution >= 0.6 is 0 Å².